The molecular weight excluding hydrogens is 230 g/mol. The fourth-order valence-corrected chi connectivity index (χ4v) is 1.25. The Bertz CT molecular complexity index is 406. The lowest BCUT2D eigenvalue weighted by Gasteiger charge is -2.06. The number of hydrogen-bond acceptors (Lipinski definition) is 3. The quantitative estimate of drug-likeness (QED) is 0.816. The maximum absolute atomic E-state index is 11.3. The second-order valence-corrected chi connectivity index (χ2v) is 4.08. The molecule has 0 aromatic heterocycles. The number of alkyl carbamates (subject to hydrolysis) is 1. The lowest BCUT2D eigenvalue weighted by Crippen LogP contribution is -2.23. The lowest BCUT2D eigenvalue weighted by atomic mass is 10.2. The van der Waals surface area contributed by atoms with Gasteiger partial charge in [-0.15, -0.1) is 0 Å². The monoisotopic (exact) mass is 249 g/mol. The van der Waals surface area contributed by atoms with E-state index >= 15 is 0 Å². The first-order valence-corrected chi connectivity index (χ1v) is 5.78. The first-order chi connectivity index (χ1) is 8.61. The topological polar surface area (TPSA) is 47.6 Å². The van der Waals surface area contributed by atoms with Gasteiger partial charge in [0.2, 0.25) is 0 Å². The minimum absolute atomic E-state index is 0.302. The highest BCUT2D eigenvalue weighted by Crippen LogP contribution is 2.10. The second-order valence-electron chi connectivity index (χ2n) is 4.08. The Morgan fingerprint density at radius 3 is 2.50 bits per heavy atom. The molecule has 0 aliphatic rings. The fourth-order valence-electron chi connectivity index (χ4n) is 1.25. The highest BCUT2D eigenvalue weighted by atomic mass is 16.5. The summed E-state index contributed by atoms with van der Waals surface area (Å²) in [6.07, 6.45) is 1.44. The fraction of sp³-hybridized carbons (Fsp3) is 0.357. The molecule has 1 amide bonds. The zero-order valence-electron chi connectivity index (χ0n) is 11.0. The Hall–Kier alpha value is -1.97. The van der Waals surface area contributed by atoms with E-state index in [2.05, 4.69) is 5.32 Å². The van der Waals surface area contributed by atoms with E-state index in [1.165, 1.54) is 0 Å². The Morgan fingerprint density at radius 1 is 1.28 bits per heavy atom. The van der Waals surface area contributed by atoms with Gasteiger partial charge in [0.25, 0.3) is 0 Å². The first-order valence-electron chi connectivity index (χ1n) is 5.78. The van der Waals surface area contributed by atoms with Crippen molar-refractivity contribution in [2.24, 2.45) is 0 Å². The molecule has 0 unspecified atom stereocenters. The van der Waals surface area contributed by atoms with Crippen LogP contribution in [-0.4, -0.2) is 19.8 Å². The van der Waals surface area contributed by atoms with Crippen LogP contribution in [-0.2, 0) is 11.3 Å². The van der Waals surface area contributed by atoms with E-state index in [1.807, 2.05) is 44.2 Å². The van der Waals surface area contributed by atoms with Crippen LogP contribution in [0.2, 0.25) is 0 Å². The van der Waals surface area contributed by atoms with Crippen LogP contribution in [0.15, 0.2) is 35.9 Å². The number of carbonyl (C=O) groups is 1. The van der Waals surface area contributed by atoms with Crippen LogP contribution >= 0.6 is 0 Å². The summed E-state index contributed by atoms with van der Waals surface area (Å²) in [5.41, 5.74) is 2.12. The molecule has 0 radical (unpaired) electrons. The predicted octanol–water partition coefficient (Wildman–Crippen LogP) is 2.89. The molecule has 1 aromatic rings. The molecule has 4 heteroatoms. The summed E-state index contributed by atoms with van der Waals surface area (Å²) < 4.78 is 10.0. The van der Waals surface area contributed by atoms with Gasteiger partial charge in [0, 0.05) is 6.54 Å². The number of benzene rings is 1. The molecule has 0 fully saturated rings. The zero-order chi connectivity index (χ0) is 13.4. The standard InChI is InChI=1S/C14H19NO3/c1-11(2)8-9-18-14(16)15-10-12-4-6-13(17-3)7-5-12/h4-8H,9-10H2,1-3H3,(H,15,16). The smallest absolute Gasteiger partial charge is 0.407 e. The molecule has 0 saturated carbocycles. The lowest BCUT2D eigenvalue weighted by molar-refractivity contribution is 0.157. The number of carbonyl (C=O) groups excluding carboxylic acids is 1. The molecule has 0 atom stereocenters. The predicted molar refractivity (Wildman–Crippen MR) is 70.6 cm³/mol. The molecule has 1 aromatic carbocycles. The van der Waals surface area contributed by atoms with Crippen LogP contribution in [0.1, 0.15) is 19.4 Å². The molecule has 98 valence electrons. The summed E-state index contributed by atoms with van der Waals surface area (Å²) in [6.45, 7) is 4.66. The number of nitrogens with one attached hydrogen (secondary N) is 1. The Morgan fingerprint density at radius 2 is 1.94 bits per heavy atom. The highest BCUT2D eigenvalue weighted by molar-refractivity contribution is 5.67. The molecule has 0 aliphatic carbocycles. The average Bonchev–Trinajstić information content (AvgIpc) is 2.36. The number of hydrogen-bond donors (Lipinski definition) is 1. The minimum Gasteiger partial charge on any atom is -0.497 e. The molecule has 1 rings (SSSR count). The van der Waals surface area contributed by atoms with Gasteiger partial charge in [-0.2, -0.15) is 0 Å². The second kappa shape index (κ2) is 7.37. The number of ether oxygens (including phenoxy) is 2. The van der Waals surface area contributed by atoms with Crippen molar-refractivity contribution in [3.63, 3.8) is 0 Å². The molecular formula is C14H19NO3. The van der Waals surface area contributed by atoms with Crippen molar-refractivity contribution in [2.45, 2.75) is 20.4 Å². The summed E-state index contributed by atoms with van der Waals surface area (Å²) in [4.78, 5) is 11.3. The molecule has 0 heterocycles. The van der Waals surface area contributed by atoms with Crippen LogP contribution < -0.4 is 10.1 Å². The molecule has 0 saturated heterocycles. The van der Waals surface area contributed by atoms with Gasteiger partial charge in [0.05, 0.1) is 7.11 Å². The van der Waals surface area contributed by atoms with Gasteiger partial charge in [0.15, 0.2) is 0 Å². The summed E-state index contributed by atoms with van der Waals surface area (Å²) >= 11 is 0. The number of rotatable bonds is 5. The average molecular weight is 249 g/mol. The molecule has 18 heavy (non-hydrogen) atoms. The third-order valence-corrected chi connectivity index (χ3v) is 2.30. The molecule has 0 spiro atoms. The van der Waals surface area contributed by atoms with Crippen LogP contribution in [0.4, 0.5) is 4.79 Å². The van der Waals surface area contributed by atoms with Gasteiger partial charge >= 0.3 is 6.09 Å². The van der Waals surface area contributed by atoms with Crippen LogP contribution in [0, 0.1) is 0 Å². The molecule has 4 nitrogen and oxygen atoms in total. The number of amides is 1. The van der Waals surface area contributed by atoms with E-state index in [0.29, 0.717) is 13.2 Å². The van der Waals surface area contributed by atoms with E-state index in [9.17, 15) is 4.79 Å². The number of allylic oxidation sites excluding steroid dienone is 1. The SMILES string of the molecule is COc1ccc(CNC(=O)OCC=C(C)C)cc1. The van der Waals surface area contributed by atoms with Gasteiger partial charge < -0.3 is 14.8 Å². The maximum Gasteiger partial charge on any atom is 0.407 e. The van der Waals surface area contributed by atoms with E-state index in [0.717, 1.165) is 16.9 Å². The van der Waals surface area contributed by atoms with Crippen LogP contribution in [0.5, 0.6) is 5.75 Å². The third-order valence-electron chi connectivity index (χ3n) is 2.30. The first kappa shape index (κ1) is 14.1. The van der Waals surface area contributed by atoms with Crippen LogP contribution in [0.25, 0.3) is 0 Å². The molecule has 0 bridgehead atoms. The van der Waals surface area contributed by atoms with Gasteiger partial charge in [0.1, 0.15) is 12.4 Å². The van der Waals surface area contributed by atoms with Gasteiger partial charge in [-0.1, -0.05) is 17.7 Å². The Labute approximate surface area is 108 Å². The van der Waals surface area contributed by atoms with Crippen molar-refractivity contribution in [2.75, 3.05) is 13.7 Å². The third kappa shape index (κ3) is 5.39. The molecule has 1 N–H and O–H groups in total. The normalized spacial score (nSPS) is 9.50. The van der Waals surface area contributed by atoms with Crippen molar-refractivity contribution in [3.05, 3.63) is 41.5 Å². The summed E-state index contributed by atoms with van der Waals surface area (Å²) in [7, 11) is 1.62. The van der Waals surface area contributed by atoms with Crippen molar-refractivity contribution in [3.8, 4) is 5.75 Å². The van der Waals surface area contributed by atoms with Crippen molar-refractivity contribution in [1.29, 1.82) is 0 Å². The Kier molecular flexibility index (Phi) is 5.77. The van der Waals surface area contributed by atoms with Crippen molar-refractivity contribution >= 4 is 6.09 Å². The summed E-state index contributed by atoms with van der Waals surface area (Å²) in [6, 6.07) is 7.50. The van der Waals surface area contributed by atoms with Gasteiger partial charge in [-0.25, -0.2) is 4.79 Å². The van der Waals surface area contributed by atoms with E-state index in [-0.39, 0.29) is 0 Å². The van der Waals surface area contributed by atoms with E-state index in [4.69, 9.17) is 9.47 Å². The van der Waals surface area contributed by atoms with Gasteiger partial charge in [-0.3, -0.25) is 0 Å². The van der Waals surface area contributed by atoms with E-state index in [1.54, 1.807) is 7.11 Å². The Balaban J connectivity index is 2.31. The largest absolute Gasteiger partial charge is 0.497 e. The zero-order valence-corrected chi connectivity index (χ0v) is 11.0. The highest BCUT2D eigenvalue weighted by Gasteiger charge is 2.00. The van der Waals surface area contributed by atoms with Gasteiger partial charge in [-0.05, 0) is 37.6 Å². The minimum atomic E-state index is -0.414. The summed E-state index contributed by atoms with van der Waals surface area (Å²) in [5.74, 6) is 0.796. The van der Waals surface area contributed by atoms with Crippen LogP contribution in [0.3, 0.4) is 0 Å². The molecule has 0 aliphatic heterocycles. The maximum atomic E-state index is 11.3. The van der Waals surface area contributed by atoms with Crippen molar-refractivity contribution < 1.29 is 14.3 Å². The summed E-state index contributed by atoms with van der Waals surface area (Å²) in [5, 5.41) is 2.68. The number of methoxy groups -OCH3 is 1. The van der Waals surface area contributed by atoms with Crippen molar-refractivity contribution in [1.82, 2.24) is 5.32 Å². The van der Waals surface area contributed by atoms with E-state index < -0.39 is 6.09 Å².